The zero-order valence-electron chi connectivity index (χ0n) is 16.1. The quantitative estimate of drug-likeness (QED) is 0.647. The summed E-state index contributed by atoms with van der Waals surface area (Å²) in [5.41, 5.74) is -0.795. The van der Waals surface area contributed by atoms with E-state index in [0.717, 1.165) is 0 Å². The number of carboxylic acids is 1. The minimum Gasteiger partial charge on any atom is -0.480 e. The maximum absolute atomic E-state index is 13.0. The number of carboxylic acid groups (broad SMARTS) is 1. The molecular formula is C18H30N2O6. The first kappa shape index (κ1) is 20.5. The molecule has 1 aliphatic carbocycles. The molecule has 2 rings (SSSR count). The summed E-state index contributed by atoms with van der Waals surface area (Å²) in [6.07, 6.45) is -0.197. The molecule has 26 heavy (non-hydrogen) atoms. The van der Waals surface area contributed by atoms with Crippen LogP contribution in [0.25, 0.3) is 0 Å². The Hall–Kier alpha value is -1.83. The van der Waals surface area contributed by atoms with Crippen LogP contribution in [-0.2, 0) is 14.3 Å². The maximum atomic E-state index is 13.0. The summed E-state index contributed by atoms with van der Waals surface area (Å²) < 4.78 is 5.20. The molecule has 1 saturated heterocycles. The third-order valence-corrected chi connectivity index (χ3v) is 5.38. The molecule has 0 aromatic heterocycles. The smallest absolute Gasteiger partial charge is 0.408 e. The normalized spacial score (nSPS) is 27.5. The summed E-state index contributed by atoms with van der Waals surface area (Å²) in [6.45, 7) is 9.43. The van der Waals surface area contributed by atoms with Crippen molar-refractivity contribution in [3.8, 4) is 0 Å². The molecule has 3 N–H and O–H groups in total. The van der Waals surface area contributed by atoms with E-state index in [9.17, 15) is 19.5 Å². The van der Waals surface area contributed by atoms with Gasteiger partial charge in [0.25, 0.3) is 0 Å². The summed E-state index contributed by atoms with van der Waals surface area (Å²) in [5, 5.41) is 21.2. The largest absolute Gasteiger partial charge is 0.480 e. The van der Waals surface area contributed by atoms with Gasteiger partial charge in [-0.3, -0.25) is 4.79 Å². The number of amides is 2. The highest BCUT2D eigenvalue weighted by Crippen LogP contribution is 2.64. The fourth-order valence-electron chi connectivity index (χ4n) is 4.00. The number of aliphatic hydroxyl groups excluding tert-OH is 1. The standard InChI is InChI=1S/C18H30N2O6/c1-17(2,3)26-16(25)19-11(7-6-8-21)14(22)20-9-10-12(18(10,4)5)13(20)15(23)24/h10-13,21H,6-9H2,1-5H3,(H,19,25)(H,23,24)/t10-,11-,12-,13-/m0/s1. The first-order valence-electron chi connectivity index (χ1n) is 9.04. The second kappa shape index (κ2) is 7.06. The minimum atomic E-state index is -1.02. The van der Waals surface area contributed by atoms with Crippen molar-refractivity contribution < 1.29 is 29.3 Å². The molecule has 0 radical (unpaired) electrons. The van der Waals surface area contributed by atoms with Gasteiger partial charge in [-0.2, -0.15) is 0 Å². The Kier molecular flexibility index (Phi) is 5.56. The lowest BCUT2D eigenvalue weighted by molar-refractivity contribution is -0.151. The molecule has 2 fully saturated rings. The second-order valence-corrected chi connectivity index (χ2v) is 8.79. The number of ether oxygens (including phenoxy) is 1. The van der Waals surface area contributed by atoms with Crippen molar-refractivity contribution in [2.24, 2.45) is 17.3 Å². The SMILES string of the molecule is CC(C)(C)OC(=O)N[C@@H](CCCO)C(=O)N1C[C@H]2[C@@H]([C@H]1C(=O)O)C2(C)C. The predicted octanol–water partition coefficient (Wildman–Crippen LogP) is 1.22. The van der Waals surface area contributed by atoms with Crippen LogP contribution in [0.5, 0.6) is 0 Å². The zero-order valence-corrected chi connectivity index (χ0v) is 16.1. The van der Waals surface area contributed by atoms with E-state index in [-0.39, 0.29) is 30.3 Å². The molecule has 0 aromatic carbocycles. The number of piperidine rings is 1. The number of aliphatic hydroxyl groups is 1. The van der Waals surface area contributed by atoms with Crippen LogP contribution in [0, 0.1) is 17.3 Å². The molecular weight excluding hydrogens is 340 g/mol. The molecule has 0 bridgehead atoms. The molecule has 2 amide bonds. The van der Waals surface area contributed by atoms with Gasteiger partial charge < -0.3 is 25.2 Å². The molecule has 4 atom stereocenters. The minimum absolute atomic E-state index is 0.0658. The fourth-order valence-corrected chi connectivity index (χ4v) is 4.00. The summed E-state index contributed by atoms with van der Waals surface area (Å²) >= 11 is 0. The van der Waals surface area contributed by atoms with Crippen molar-refractivity contribution in [2.45, 2.75) is 65.1 Å². The molecule has 8 heteroatoms. The zero-order chi connectivity index (χ0) is 19.9. The van der Waals surface area contributed by atoms with Gasteiger partial charge in [0.2, 0.25) is 5.91 Å². The third-order valence-electron chi connectivity index (χ3n) is 5.38. The van der Waals surface area contributed by atoms with E-state index >= 15 is 0 Å². The number of carbonyl (C=O) groups is 3. The van der Waals surface area contributed by atoms with E-state index in [4.69, 9.17) is 9.84 Å². The molecule has 8 nitrogen and oxygen atoms in total. The van der Waals surface area contributed by atoms with Gasteiger partial charge in [-0.05, 0) is 44.9 Å². The van der Waals surface area contributed by atoms with Crippen LogP contribution in [0.15, 0.2) is 0 Å². The summed E-state index contributed by atoms with van der Waals surface area (Å²) in [7, 11) is 0. The van der Waals surface area contributed by atoms with Crippen LogP contribution in [0.2, 0.25) is 0 Å². The number of carbonyl (C=O) groups excluding carboxylic acids is 2. The number of fused-ring (bicyclic) bond motifs is 1. The first-order chi connectivity index (χ1) is 11.9. The van der Waals surface area contributed by atoms with Gasteiger partial charge in [-0.15, -0.1) is 0 Å². The number of likely N-dealkylation sites (tertiary alicyclic amines) is 1. The third kappa shape index (κ3) is 4.11. The van der Waals surface area contributed by atoms with E-state index in [1.54, 1.807) is 20.8 Å². The number of hydrogen-bond donors (Lipinski definition) is 3. The van der Waals surface area contributed by atoms with Crippen LogP contribution >= 0.6 is 0 Å². The Morgan fingerprint density at radius 2 is 1.92 bits per heavy atom. The van der Waals surface area contributed by atoms with Crippen molar-refractivity contribution in [1.29, 1.82) is 0 Å². The number of nitrogens with zero attached hydrogens (tertiary/aromatic N) is 1. The van der Waals surface area contributed by atoms with Crippen molar-refractivity contribution >= 4 is 18.0 Å². The van der Waals surface area contributed by atoms with Crippen LogP contribution in [0.1, 0.15) is 47.5 Å². The molecule has 1 saturated carbocycles. The summed E-state index contributed by atoms with van der Waals surface area (Å²) in [5.74, 6) is -1.36. The number of aliphatic carboxylic acids is 1. The topological polar surface area (TPSA) is 116 Å². The summed E-state index contributed by atoms with van der Waals surface area (Å²) in [4.78, 5) is 38.1. The molecule has 2 aliphatic rings. The van der Waals surface area contributed by atoms with Gasteiger partial charge in [0, 0.05) is 19.1 Å². The molecule has 0 unspecified atom stereocenters. The highest BCUT2D eigenvalue weighted by atomic mass is 16.6. The van der Waals surface area contributed by atoms with E-state index in [2.05, 4.69) is 5.32 Å². The number of nitrogens with one attached hydrogen (secondary N) is 1. The summed E-state index contributed by atoms with van der Waals surface area (Å²) in [6, 6.07) is -1.79. The van der Waals surface area contributed by atoms with Crippen molar-refractivity contribution in [1.82, 2.24) is 10.2 Å². The van der Waals surface area contributed by atoms with E-state index in [1.165, 1.54) is 4.90 Å². The molecule has 1 aliphatic heterocycles. The molecule has 1 heterocycles. The Balaban J connectivity index is 2.11. The van der Waals surface area contributed by atoms with Crippen molar-refractivity contribution in [3.63, 3.8) is 0 Å². The Labute approximate surface area is 153 Å². The second-order valence-electron chi connectivity index (χ2n) is 8.79. The van der Waals surface area contributed by atoms with Crippen LogP contribution in [0.3, 0.4) is 0 Å². The first-order valence-corrected chi connectivity index (χ1v) is 9.04. The average molecular weight is 370 g/mol. The molecule has 148 valence electrons. The predicted molar refractivity (Wildman–Crippen MR) is 93.4 cm³/mol. The van der Waals surface area contributed by atoms with E-state index < -0.39 is 35.7 Å². The van der Waals surface area contributed by atoms with Crippen LogP contribution < -0.4 is 5.32 Å². The van der Waals surface area contributed by atoms with E-state index in [0.29, 0.717) is 13.0 Å². The lowest BCUT2D eigenvalue weighted by atomic mass is 10.00. The van der Waals surface area contributed by atoms with E-state index in [1.807, 2.05) is 13.8 Å². The monoisotopic (exact) mass is 370 g/mol. The van der Waals surface area contributed by atoms with Crippen molar-refractivity contribution in [3.05, 3.63) is 0 Å². The average Bonchev–Trinajstić information content (AvgIpc) is 2.84. The van der Waals surface area contributed by atoms with Gasteiger partial charge in [-0.1, -0.05) is 13.8 Å². The van der Waals surface area contributed by atoms with Crippen molar-refractivity contribution in [2.75, 3.05) is 13.2 Å². The lowest BCUT2D eigenvalue weighted by Gasteiger charge is -2.32. The van der Waals surface area contributed by atoms with Crippen LogP contribution in [0.4, 0.5) is 4.79 Å². The van der Waals surface area contributed by atoms with Gasteiger partial charge in [0.15, 0.2) is 0 Å². The van der Waals surface area contributed by atoms with Gasteiger partial charge in [0.1, 0.15) is 17.7 Å². The van der Waals surface area contributed by atoms with Gasteiger partial charge in [0.05, 0.1) is 0 Å². The highest BCUT2D eigenvalue weighted by Gasteiger charge is 2.69. The van der Waals surface area contributed by atoms with Crippen LogP contribution in [-0.4, -0.2) is 63.9 Å². The molecule has 0 aromatic rings. The number of hydrogen-bond acceptors (Lipinski definition) is 5. The van der Waals surface area contributed by atoms with Gasteiger partial charge >= 0.3 is 12.1 Å². The molecule has 0 spiro atoms. The Morgan fingerprint density at radius 1 is 1.31 bits per heavy atom. The Morgan fingerprint density at radius 3 is 2.42 bits per heavy atom. The fraction of sp³-hybridized carbons (Fsp3) is 0.833. The maximum Gasteiger partial charge on any atom is 0.408 e. The number of alkyl carbamates (subject to hydrolysis) is 1. The number of rotatable bonds is 6. The lowest BCUT2D eigenvalue weighted by Crippen LogP contribution is -2.54. The Bertz CT molecular complexity index is 583. The highest BCUT2D eigenvalue weighted by molar-refractivity contribution is 5.90. The van der Waals surface area contributed by atoms with Gasteiger partial charge in [-0.25, -0.2) is 9.59 Å².